The van der Waals surface area contributed by atoms with E-state index >= 15 is 0 Å². The molecule has 0 aliphatic carbocycles. The maximum Gasteiger partial charge on any atom is 0.573 e. The molecule has 0 aliphatic rings. The molecule has 0 N–H and O–H groups in total. The summed E-state index contributed by atoms with van der Waals surface area (Å²) in [4.78, 5) is 11.4. The van der Waals surface area contributed by atoms with Crippen molar-refractivity contribution in [3.63, 3.8) is 0 Å². The molecule has 0 aliphatic heterocycles. The first-order valence-corrected chi connectivity index (χ1v) is 5.43. The summed E-state index contributed by atoms with van der Waals surface area (Å²) in [7, 11) is 0. The first-order valence-electron chi connectivity index (χ1n) is 5.43. The number of alkyl halides is 3. The molecule has 102 valence electrons. The molecule has 0 radical (unpaired) electrons. The van der Waals surface area contributed by atoms with Crippen LogP contribution in [0.15, 0.2) is 42.0 Å². The van der Waals surface area contributed by atoms with Crippen molar-refractivity contribution in [2.45, 2.75) is 20.2 Å². The second-order valence-corrected chi connectivity index (χ2v) is 4.01. The molecule has 1 aromatic rings. The van der Waals surface area contributed by atoms with Gasteiger partial charge < -0.3 is 4.74 Å². The van der Waals surface area contributed by atoms with Crippen LogP contribution in [0.2, 0.25) is 0 Å². The number of carbonyl (C=O) groups excluding carboxylic acids is 1. The molecule has 0 unspecified atom stereocenters. The van der Waals surface area contributed by atoms with Gasteiger partial charge in [-0.3, -0.25) is 4.79 Å². The maximum atomic E-state index is 12.1. The van der Waals surface area contributed by atoms with Crippen LogP contribution < -0.4 is 4.74 Å². The average molecular weight is 270 g/mol. The molecule has 1 rings (SSSR count). The normalized spacial score (nSPS) is 12.2. The molecule has 5 heteroatoms. The fraction of sp³-hybridized carbons (Fsp3) is 0.214. The molecule has 0 saturated carbocycles. The van der Waals surface area contributed by atoms with Crippen molar-refractivity contribution in [2.24, 2.45) is 0 Å². The third-order valence-electron chi connectivity index (χ3n) is 2.24. The van der Waals surface area contributed by atoms with Crippen molar-refractivity contribution in [2.75, 3.05) is 0 Å². The maximum absolute atomic E-state index is 12.1. The number of Topliss-reactive ketones (excluding diaryl/α,β-unsaturated/α-hetero) is 1. The highest BCUT2D eigenvalue weighted by Crippen LogP contribution is 2.24. The Labute approximate surface area is 109 Å². The van der Waals surface area contributed by atoms with E-state index in [0.29, 0.717) is 16.7 Å². The second-order valence-electron chi connectivity index (χ2n) is 4.01. The number of hydrogen-bond acceptors (Lipinski definition) is 2. The predicted molar refractivity (Wildman–Crippen MR) is 66.6 cm³/mol. The van der Waals surface area contributed by atoms with Crippen LogP contribution in [-0.4, -0.2) is 12.1 Å². The second kappa shape index (κ2) is 5.73. The quantitative estimate of drug-likeness (QED) is 0.607. The van der Waals surface area contributed by atoms with E-state index in [2.05, 4.69) is 11.3 Å². The van der Waals surface area contributed by atoms with Gasteiger partial charge in [0.25, 0.3) is 0 Å². The van der Waals surface area contributed by atoms with Gasteiger partial charge in [-0.15, -0.1) is 13.2 Å². The highest BCUT2D eigenvalue weighted by molar-refractivity contribution is 6.01. The summed E-state index contributed by atoms with van der Waals surface area (Å²) in [6.07, 6.45) is -3.26. The van der Waals surface area contributed by atoms with Crippen LogP contribution in [0.25, 0.3) is 6.08 Å². The van der Waals surface area contributed by atoms with Crippen LogP contribution in [0, 0.1) is 0 Å². The molecule has 2 nitrogen and oxygen atoms in total. The zero-order chi connectivity index (χ0) is 14.6. The summed E-state index contributed by atoms with van der Waals surface area (Å²) in [5, 5.41) is 0. The van der Waals surface area contributed by atoms with E-state index < -0.39 is 6.36 Å². The molecule has 0 aromatic heterocycles. The van der Waals surface area contributed by atoms with E-state index in [0.717, 1.165) is 0 Å². The summed E-state index contributed by atoms with van der Waals surface area (Å²) in [6.45, 7) is 6.68. The minimum absolute atomic E-state index is 0.199. The molecule has 0 atom stereocenters. The number of halogens is 3. The number of ketones is 1. The molecule has 1 aromatic carbocycles. The van der Waals surface area contributed by atoms with Gasteiger partial charge in [0.2, 0.25) is 0 Å². The predicted octanol–water partition coefficient (Wildman–Crippen LogP) is 4.13. The lowest BCUT2D eigenvalue weighted by molar-refractivity contribution is -0.274. The number of carbonyl (C=O) groups is 1. The Morgan fingerprint density at radius 2 is 1.95 bits per heavy atom. The van der Waals surface area contributed by atoms with Gasteiger partial charge in [-0.05, 0) is 43.2 Å². The van der Waals surface area contributed by atoms with Crippen molar-refractivity contribution in [1.29, 1.82) is 0 Å². The Balaban J connectivity index is 3.09. The highest BCUT2D eigenvalue weighted by Gasteiger charge is 2.31. The number of ether oxygens (including phenoxy) is 1. The lowest BCUT2D eigenvalue weighted by Gasteiger charge is -2.09. The lowest BCUT2D eigenvalue weighted by atomic mass is 10.0. The number of hydrogen-bond donors (Lipinski definition) is 0. The SMILES string of the molecule is C=C(C)/C(=C/c1cccc(OC(F)(F)F)c1)C(C)=O. The first-order chi connectivity index (χ1) is 8.69. The Morgan fingerprint density at radius 3 is 2.42 bits per heavy atom. The first kappa shape index (κ1) is 15.0. The number of allylic oxidation sites excluding steroid dienone is 2. The summed E-state index contributed by atoms with van der Waals surface area (Å²) < 4.78 is 40.1. The molecule has 19 heavy (non-hydrogen) atoms. The Morgan fingerprint density at radius 1 is 1.32 bits per heavy atom. The minimum atomic E-state index is -4.74. The van der Waals surface area contributed by atoms with E-state index in [1.54, 1.807) is 13.0 Å². The van der Waals surface area contributed by atoms with Crippen LogP contribution in [0.5, 0.6) is 5.75 Å². The largest absolute Gasteiger partial charge is 0.573 e. The molecule has 0 fully saturated rings. The standard InChI is InChI=1S/C14H13F3O2/c1-9(2)13(10(3)18)8-11-5-4-6-12(7-11)19-14(15,16)17/h4-8H,1H2,2-3H3/b13-8-. The highest BCUT2D eigenvalue weighted by atomic mass is 19.4. The van der Waals surface area contributed by atoms with E-state index in [4.69, 9.17) is 0 Å². The molecule has 0 saturated heterocycles. The van der Waals surface area contributed by atoms with Gasteiger partial charge in [-0.2, -0.15) is 0 Å². The van der Waals surface area contributed by atoms with Gasteiger partial charge in [0.15, 0.2) is 5.78 Å². The summed E-state index contributed by atoms with van der Waals surface area (Å²) in [5.74, 6) is -0.527. The molecule has 0 amide bonds. The van der Waals surface area contributed by atoms with Crippen LogP contribution in [0.1, 0.15) is 19.4 Å². The van der Waals surface area contributed by atoms with E-state index in [1.165, 1.54) is 31.2 Å². The van der Waals surface area contributed by atoms with Gasteiger partial charge in [0.1, 0.15) is 5.75 Å². The van der Waals surface area contributed by atoms with Crippen molar-refractivity contribution in [3.8, 4) is 5.75 Å². The van der Waals surface area contributed by atoms with Gasteiger partial charge in [0.05, 0.1) is 0 Å². The molecular weight excluding hydrogens is 257 g/mol. The Bertz CT molecular complexity index is 512. The fourth-order valence-electron chi connectivity index (χ4n) is 1.49. The smallest absolute Gasteiger partial charge is 0.406 e. The van der Waals surface area contributed by atoms with Crippen LogP contribution in [0.4, 0.5) is 13.2 Å². The summed E-state index contributed by atoms with van der Waals surface area (Å²) in [6, 6.07) is 5.40. The third-order valence-corrected chi connectivity index (χ3v) is 2.24. The molecule has 0 bridgehead atoms. The zero-order valence-corrected chi connectivity index (χ0v) is 10.5. The van der Waals surface area contributed by atoms with Crippen molar-refractivity contribution in [3.05, 3.63) is 47.6 Å². The van der Waals surface area contributed by atoms with Crippen LogP contribution >= 0.6 is 0 Å². The van der Waals surface area contributed by atoms with Crippen molar-refractivity contribution >= 4 is 11.9 Å². The summed E-state index contributed by atoms with van der Waals surface area (Å²) >= 11 is 0. The topological polar surface area (TPSA) is 26.3 Å². The number of benzene rings is 1. The van der Waals surface area contributed by atoms with Gasteiger partial charge >= 0.3 is 6.36 Å². The Hall–Kier alpha value is -2.04. The number of rotatable bonds is 4. The summed E-state index contributed by atoms with van der Waals surface area (Å²) in [5.41, 5.74) is 1.36. The Kier molecular flexibility index (Phi) is 4.53. The van der Waals surface area contributed by atoms with Gasteiger partial charge in [0, 0.05) is 5.57 Å². The van der Waals surface area contributed by atoms with Crippen LogP contribution in [0.3, 0.4) is 0 Å². The van der Waals surface area contributed by atoms with E-state index in [1.807, 2.05) is 0 Å². The molecule has 0 heterocycles. The molecular formula is C14H13F3O2. The average Bonchev–Trinajstić information content (AvgIpc) is 2.23. The van der Waals surface area contributed by atoms with E-state index in [-0.39, 0.29) is 11.5 Å². The van der Waals surface area contributed by atoms with Crippen LogP contribution in [-0.2, 0) is 4.79 Å². The van der Waals surface area contributed by atoms with Gasteiger partial charge in [-0.25, -0.2) is 0 Å². The fourth-order valence-corrected chi connectivity index (χ4v) is 1.49. The molecule has 0 spiro atoms. The monoisotopic (exact) mass is 270 g/mol. The van der Waals surface area contributed by atoms with E-state index in [9.17, 15) is 18.0 Å². The third kappa shape index (κ3) is 4.99. The van der Waals surface area contributed by atoms with Crippen molar-refractivity contribution in [1.82, 2.24) is 0 Å². The zero-order valence-electron chi connectivity index (χ0n) is 10.5. The van der Waals surface area contributed by atoms with Crippen molar-refractivity contribution < 1.29 is 22.7 Å². The lowest BCUT2D eigenvalue weighted by Crippen LogP contribution is -2.17. The minimum Gasteiger partial charge on any atom is -0.406 e. The van der Waals surface area contributed by atoms with Gasteiger partial charge in [-0.1, -0.05) is 18.7 Å².